The first-order valence-corrected chi connectivity index (χ1v) is 8.09. The van der Waals surface area contributed by atoms with Crippen LogP contribution in [0.5, 0.6) is 28.7 Å². The van der Waals surface area contributed by atoms with Gasteiger partial charge in [-0.2, -0.15) is 0 Å². The molecule has 3 N–H and O–H groups in total. The van der Waals surface area contributed by atoms with Gasteiger partial charge in [0.25, 0.3) is 0 Å². The van der Waals surface area contributed by atoms with Crippen molar-refractivity contribution < 1.29 is 33.3 Å². The Kier molecular flexibility index (Phi) is 4.11. The van der Waals surface area contributed by atoms with E-state index in [1.807, 2.05) is 0 Å². The van der Waals surface area contributed by atoms with E-state index in [1.165, 1.54) is 6.92 Å². The average Bonchev–Trinajstić information content (AvgIpc) is 3.26. The summed E-state index contributed by atoms with van der Waals surface area (Å²) in [5, 5.41) is 2.66. The summed E-state index contributed by atoms with van der Waals surface area (Å²) < 4.78 is 26.8. The Morgan fingerprint density at radius 1 is 1.00 bits per heavy atom. The number of esters is 1. The lowest BCUT2D eigenvalue weighted by Crippen LogP contribution is -2.34. The van der Waals surface area contributed by atoms with Crippen molar-refractivity contribution >= 4 is 12.0 Å². The number of carbonyl (C=O) groups excluding carboxylic acids is 2. The highest BCUT2D eigenvalue weighted by Crippen LogP contribution is 2.43. The molecule has 0 radical (unpaired) electrons. The zero-order valence-corrected chi connectivity index (χ0v) is 14.3. The first-order chi connectivity index (χ1) is 13.0. The van der Waals surface area contributed by atoms with Crippen LogP contribution < -0.4 is 34.7 Å². The van der Waals surface area contributed by atoms with Crippen LogP contribution in [0.25, 0.3) is 0 Å². The number of nitrogens with two attached hydrogens (primary N) is 1. The quantitative estimate of drug-likeness (QED) is 0.621. The Morgan fingerprint density at radius 3 is 2.30 bits per heavy atom. The zero-order valence-electron chi connectivity index (χ0n) is 14.3. The van der Waals surface area contributed by atoms with Crippen LogP contribution in [0.15, 0.2) is 30.3 Å². The molecule has 2 aliphatic rings. The van der Waals surface area contributed by atoms with Crippen LogP contribution in [0.3, 0.4) is 0 Å². The number of hydrogen-bond donors (Lipinski definition) is 2. The van der Waals surface area contributed by atoms with Crippen LogP contribution in [0.4, 0.5) is 4.79 Å². The Morgan fingerprint density at radius 2 is 1.63 bits per heavy atom. The Hall–Kier alpha value is -3.62. The van der Waals surface area contributed by atoms with E-state index in [1.54, 1.807) is 30.3 Å². The maximum absolute atomic E-state index is 11.6. The maximum atomic E-state index is 11.6. The Bertz CT molecular complexity index is 928. The summed E-state index contributed by atoms with van der Waals surface area (Å²) in [4.78, 5) is 23.2. The molecule has 0 saturated heterocycles. The molecule has 0 unspecified atom stereocenters. The minimum atomic E-state index is -0.746. The van der Waals surface area contributed by atoms with Crippen molar-refractivity contribution in [3.63, 3.8) is 0 Å². The molecule has 2 aliphatic heterocycles. The predicted molar refractivity (Wildman–Crippen MR) is 91.0 cm³/mol. The van der Waals surface area contributed by atoms with Gasteiger partial charge < -0.3 is 34.7 Å². The van der Waals surface area contributed by atoms with Crippen LogP contribution in [0.2, 0.25) is 0 Å². The first-order valence-electron chi connectivity index (χ1n) is 8.09. The third-order valence-corrected chi connectivity index (χ3v) is 4.09. The number of carbonyl (C=O) groups is 2. The summed E-state index contributed by atoms with van der Waals surface area (Å²) in [5.41, 5.74) is 6.51. The van der Waals surface area contributed by atoms with E-state index >= 15 is 0 Å². The number of urea groups is 1. The lowest BCUT2D eigenvalue weighted by molar-refractivity contribution is -0.131. The van der Waals surface area contributed by atoms with E-state index in [0.717, 1.165) is 0 Å². The molecule has 27 heavy (non-hydrogen) atoms. The van der Waals surface area contributed by atoms with E-state index in [0.29, 0.717) is 34.1 Å². The normalized spacial score (nSPS) is 14.6. The lowest BCUT2D eigenvalue weighted by Gasteiger charge is -2.21. The topological polar surface area (TPSA) is 118 Å². The van der Waals surface area contributed by atoms with Crippen molar-refractivity contribution in [1.82, 2.24) is 5.32 Å². The van der Waals surface area contributed by atoms with Crippen molar-refractivity contribution in [2.24, 2.45) is 5.73 Å². The summed E-state index contributed by atoms with van der Waals surface area (Å²) in [5.74, 6) is 1.76. The van der Waals surface area contributed by atoms with E-state index in [9.17, 15) is 9.59 Å². The molecule has 0 saturated carbocycles. The standard InChI is InChI=1S/C18H16N2O7/c1-9(21)27-13-6-16-15(25-8-26-16)5-11(13)17(20-18(19)22)10-2-3-12-14(4-10)24-7-23-12/h2-6,17H,7-8H2,1H3,(H3,19,20,22)/t17-/m0/s1. The maximum Gasteiger partial charge on any atom is 0.312 e. The van der Waals surface area contributed by atoms with Crippen molar-refractivity contribution in [2.75, 3.05) is 13.6 Å². The number of rotatable bonds is 4. The summed E-state index contributed by atoms with van der Waals surface area (Å²) in [6.45, 7) is 1.46. The van der Waals surface area contributed by atoms with E-state index in [-0.39, 0.29) is 19.3 Å². The number of fused-ring (bicyclic) bond motifs is 2. The highest BCUT2D eigenvalue weighted by molar-refractivity contribution is 5.75. The summed E-state index contributed by atoms with van der Waals surface area (Å²) in [7, 11) is 0. The molecule has 0 spiro atoms. The van der Waals surface area contributed by atoms with Crippen molar-refractivity contribution in [1.29, 1.82) is 0 Å². The van der Waals surface area contributed by atoms with Gasteiger partial charge in [-0.25, -0.2) is 4.79 Å². The van der Waals surface area contributed by atoms with Gasteiger partial charge in [0.2, 0.25) is 13.6 Å². The van der Waals surface area contributed by atoms with Gasteiger partial charge in [0.05, 0.1) is 6.04 Å². The molecule has 9 heteroatoms. The predicted octanol–water partition coefficient (Wildman–Crippen LogP) is 1.83. The third-order valence-electron chi connectivity index (χ3n) is 4.09. The fourth-order valence-electron chi connectivity index (χ4n) is 2.98. The fourth-order valence-corrected chi connectivity index (χ4v) is 2.98. The number of ether oxygens (including phenoxy) is 5. The SMILES string of the molecule is CC(=O)Oc1cc2c(cc1[C@@H](NC(N)=O)c1ccc3c(c1)OCO3)OCO2. The number of benzene rings is 2. The molecule has 140 valence electrons. The smallest absolute Gasteiger partial charge is 0.312 e. The molecule has 2 aromatic rings. The van der Waals surface area contributed by atoms with Crippen LogP contribution in [0, 0.1) is 0 Å². The summed E-state index contributed by atoms with van der Waals surface area (Å²) >= 11 is 0. The second kappa shape index (κ2) is 6.60. The Labute approximate surface area is 153 Å². The van der Waals surface area contributed by atoms with Gasteiger partial charge in [-0.3, -0.25) is 4.79 Å². The minimum Gasteiger partial charge on any atom is -0.454 e. The molecule has 0 aliphatic carbocycles. The van der Waals surface area contributed by atoms with Gasteiger partial charge in [0.1, 0.15) is 5.75 Å². The van der Waals surface area contributed by atoms with Crippen molar-refractivity contribution in [2.45, 2.75) is 13.0 Å². The number of primary amides is 1. The largest absolute Gasteiger partial charge is 0.454 e. The molecule has 2 aromatic carbocycles. The molecule has 2 amide bonds. The highest BCUT2D eigenvalue weighted by Gasteiger charge is 2.27. The van der Waals surface area contributed by atoms with Gasteiger partial charge in [0.15, 0.2) is 23.0 Å². The van der Waals surface area contributed by atoms with Gasteiger partial charge in [-0.05, 0) is 23.8 Å². The lowest BCUT2D eigenvalue weighted by atomic mass is 9.96. The average molecular weight is 372 g/mol. The molecule has 0 fully saturated rings. The second-order valence-corrected chi connectivity index (χ2v) is 5.89. The third kappa shape index (κ3) is 3.26. The van der Waals surface area contributed by atoms with Gasteiger partial charge >= 0.3 is 12.0 Å². The monoisotopic (exact) mass is 372 g/mol. The van der Waals surface area contributed by atoms with Crippen molar-refractivity contribution in [3.8, 4) is 28.7 Å². The fraction of sp³-hybridized carbons (Fsp3) is 0.222. The first kappa shape index (κ1) is 16.8. The van der Waals surface area contributed by atoms with E-state index < -0.39 is 18.0 Å². The highest BCUT2D eigenvalue weighted by atomic mass is 16.7. The Balaban J connectivity index is 1.82. The van der Waals surface area contributed by atoms with E-state index in [4.69, 9.17) is 29.4 Å². The number of amides is 2. The molecule has 0 aromatic heterocycles. The minimum absolute atomic E-state index is 0.0518. The van der Waals surface area contributed by atoms with Crippen LogP contribution in [-0.4, -0.2) is 25.6 Å². The van der Waals surface area contributed by atoms with Gasteiger partial charge in [-0.1, -0.05) is 6.07 Å². The van der Waals surface area contributed by atoms with E-state index in [2.05, 4.69) is 5.32 Å². The van der Waals surface area contributed by atoms with Crippen LogP contribution in [0.1, 0.15) is 24.1 Å². The molecule has 1 atom stereocenters. The number of hydrogen-bond acceptors (Lipinski definition) is 7. The number of nitrogens with one attached hydrogen (secondary N) is 1. The zero-order chi connectivity index (χ0) is 19.0. The van der Waals surface area contributed by atoms with Crippen LogP contribution >= 0.6 is 0 Å². The molecular formula is C18H16N2O7. The molecule has 0 bridgehead atoms. The molecule has 4 rings (SSSR count). The molecule has 2 heterocycles. The summed E-state index contributed by atoms with van der Waals surface area (Å²) in [6.07, 6.45) is 0. The van der Waals surface area contributed by atoms with Crippen LogP contribution in [-0.2, 0) is 4.79 Å². The van der Waals surface area contributed by atoms with Gasteiger partial charge in [0, 0.05) is 18.6 Å². The molecular weight excluding hydrogens is 356 g/mol. The second-order valence-electron chi connectivity index (χ2n) is 5.89. The summed E-state index contributed by atoms with van der Waals surface area (Å²) in [6, 6.07) is 6.94. The van der Waals surface area contributed by atoms with Crippen molar-refractivity contribution in [3.05, 3.63) is 41.5 Å². The molecule has 9 nitrogen and oxygen atoms in total. The van der Waals surface area contributed by atoms with Gasteiger partial charge in [-0.15, -0.1) is 0 Å².